The van der Waals surface area contributed by atoms with Gasteiger partial charge in [-0.05, 0) is 46.7 Å². The van der Waals surface area contributed by atoms with Gasteiger partial charge < -0.3 is 29.4 Å². The van der Waals surface area contributed by atoms with Crippen LogP contribution >= 0.6 is 0 Å². The van der Waals surface area contributed by atoms with Gasteiger partial charge in [-0.2, -0.15) is 0 Å². The largest absolute Gasteiger partial charge is 0.493 e. The predicted molar refractivity (Wildman–Crippen MR) is 113 cm³/mol. The number of carbonyl (C=O) groups is 1. The van der Waals surface area contributed by atoms with Crippen LogP contribution in [0, 0.1) is 10.1 Å². The van der Waals surface area contributed by atoms with Gasteiger partial charge in [-0.1, -0.05) is 6.07 Å². The van der Waals surface area contributed by atoms with Gasteiger partial charge in [0, 0.05) is 38.3 Å². The molecule has 0 atom stereocenters. The van der Waals surface area contributed by atoms with Crippen LogP contribution < -0.4 is 14.4 Å². The average molecular weight is 412 g/mol. The summed E-state index contributed by atoms with van der Waals surface area (Å²) in [6, 6.07) is 8.59. The Hall–Kier alpha value is -3.62. The highest BCUT2D eigenvalue weighted by molar-refractivity contribution is 5.92. The molecule has 3 rings (SSSR count). The lowest BCUT2D eigenvalue weighted by molar-refractivity contribution is -0.389. The van der Waals surface area contributed by atoms with Gasteiger partial charge in [0.05, 0.1) is 19.4 Å². The number of carbonyl (C=O) groups excluding carboxylic acids is 1. The number of amides is 1. The summed E-state index contributed by atoms with van der Waals surface area (Å²) in [4.78, 5) is 30.4. The Kier molecular flexibility index (Phi) is 6.84. The number of aromatic nitrogens is 1. The molecule has 1 aromatic carbocycles. The number of benzene rings is 1. The van der Waals surface area contributed by atoms with Crippen LogP contribution in [0.15, 0.2) is 42.6 Å². The Bertz CT molecular complexity index is 921. The summed E-state index contributed by atoms with van der Waals surface area (Å²) in [6.07, 6.45) is 4.81. The zero-order valence-electron chi connectivity index (χ0n) is 17.0. The molecular formula is C21H24N4O5. The first-order valence-corrected chi connectivity index (χ1v) is 9.65. The van der Waals surface area contributed by atoms with Crippen molar-refractivity contribution in [1.82, 2.24) is 9.88 Å². The lowest BCUT2D eigenvalue weighted by Crippen LogP contribution is -2.48. The molecule has 1 amide bonds. The van der Waals surface area contributed by atoms with E-state index in [1.807, 2.05) is 25.1 Å². The quantitative estimate of drug-likeness (QED) is 0.392. The second kappa shape index (κ2) is 9.73. The lowest BCUT2D eigenvalue weighted by atomic mass is 10.2. The number of methoxy groups -OCH3 is 1. The molecule has 1 aromatic heterocycles. The van der Waals surface area contributed by atoms with E-state index in [0.717, 1.165) is 11.3 Å². The van der Waals surface area contributed by atoms with Crippen molar-refractivity contribution in [3.05, 3.63) is 58.3 Å². The van der Waals surface area contributed by atoms with Gasteiger partial charge in [-0.25, -0.2) is 0 Å². The van der Waals surface area contributed by atoms with Crippen molar-refractivity contribution < 1.29 is 19.2 Å². The van der Waals surface area contributed by atoms with Gasteiger partial charge in [0.1, 0.15) is 0 Å². The number of anilines is 1. The maximum absolute atomic E-state index is 12.5. The van der Waals surface area contributed by atoms with Gasteiger partial charge in [0.2, 0.25) is 5.91 Å². The minimum absolute atomic E-state index is 0.0654. The van der Waals surface area contributed by atoms with Gasteiger partial charge >= 0.3 is 5.82 Å². The number of nitrogens with zero attached hydrogens (tertiary/aromatic N) is 4. The zero-order valence-corrected chi connectivity index (χ0v) is 17.0. The summed E-state index contributed by atoms with van der Waals surface area (Å²) in [5.74, 6) is 1.05. The first-order chi connectivity index (χ1) is 14.5. The van der Waals surface area contributed by atoms with Crippen molar-refractivity contribution in [2.24, 2.45) is 0 Å². The van der Waals surface area contributed by atoms with Gasteiger partial charge in [0.25, 0.3) is 0 Å². The Labute approximate surface area is 174 Å². The van der Waals surface area contributed by atoms with E-state index in [-0.39, 0.29) is 11.7 Å². The molecule has 158 valence electrons. The molecule has 2 aromatic rings. The normalized spacial score (nSPS) is 14.1. The third-order valence-corrected chi connectivity index (χ3v) is 4.78. The molecule has 30 heavy (non-hydrogen) atoms. The fourth-order valence-electron chi connectivity index (χ4n) is 3.19. The maximum Gasteiger partial charge on any atom is 0.363 e. The third kappa shape index (κ3) is 5.05. The van der Waals surface area contributed by atoms with Crippen LogP contribution in [0.5, 0.6) is 11.5 Å². The smallest absolute Gasteiger partial charge is 0.363 e. The molecule has 0 saturated carbocycles. The average Bonchev–Trinajstić information content (AvgIpc) is 2.78. The van der Waals surface area contributed by atoms with E-state index in [4.69, 9.17) is 9.47 Å². The summed E-state index contributed by atoms with van der Waals surface area (Å²) in [7, 11) is 1.58. The predicted octanol–water partition coefficient (Wildman–Crippen LogP) is 2.76. The highest BCUT2D eigenvalue weighted by Crippen LogP contribution is 2.28. The number of rotatable bonds is 7. The van der Waals surface area contributed by atoms with Crippen LogP contribution in [0.1, 0.15) is 12.5 Å². The molecule has 0 radical (unpaired) electrons. The number of piperazine rings is 1. The molecule has 9 nitrogen and oxygen atoms in total. The molecule has 0 bridgehead atoms. The Morgan fingerprint density at radius 3 is 2.57 bits per heavy atom. The van der Waals surface area contributed by atoms with E-state index in [1.165, 1.54) is 12.3 Å². The van der Waals surface area contributed by atoms with E-state index in [2.05, 4.69) is 9.88 Å². The molecule has 2 heterocycles. The number of hydrogen-bond donors (Lipinski definition) is 0. The van der Waals surface area contributed by atoms with Crippen molar-refractivity contribution in [2.75, 3.05) is 44.8 Å². The summed E-state index contributed by atoms with van der Waals surface area (Å²) in [5.41, 5.74) is 1.66. The fourth-order valence-corrected chi connectivity index (χ4v) is 3.19. The summed E-state index contributed by atoms with van der Waals surface area (Å²) in [5, 5.41) is 10.7. The van der Waals surface area contributed by atoms with E-state index in [9.17, 15) is 14.9 Å². The number of pyridine rings is 1. The van der Waals surface area contributed by atoms with Gasteiger partial charge in [-0.15, -0.1) is 0 Å². The number of nitro groups is 1. The van der Waals surface area contributed by atoms with Gasteiger partial charge in [-0.3, -0.25) is 4.79 Å². The van der Waals surface area contributed by atoms with Gasteiger partial charge in [0.15, 0.2) is 17.7 Å². The van der Waals surface area contributed by atoms with E-state index in [1.54, 1.807) is 30.2 Å². The number of hydrogen-bond acceptors (Lipinski definition) is 7. The molecule has 0 unspecified atom stereocenters. The van der Waals surface area contributed by atoms with Crippen molar-refractivity contribution in [2.45, 2.75) is 6.92 Å². The standard InChI is InChI=1S/C21H24N4O5/c1-3-30-18-7-4-16(14-19(18)29-2)5-9-21(26)24-12-10-23(11-13-24)17-6-8-20(22-15-17)25(27)28/h4-9,14-15H,3,10-13H2,1-2H3/b9-5+. The van der Waals surface area contributed by atoms with Crippen LogP contribution in [0.2, 0.25) is 0 Å². The molecule has 1 aliphatic rings. The van der Waals surface area contributed by atoms with E-state index >= 15 is 0 Å². The van der Waals surface area contributed by atoms with Crippen molar-refractivity contribution in [3.8, 4) is 11.5 Å². The van der Waals surface area contributed by atoms with Crippen LogP contribution in [-0.2, 0) is 4.79 Å². The van der Waals surface area contributed by atoms with E-state index < -0.39 is 4.92 Å². The molecule has 9 heteroatoms. The minimum atomic E-state index is -0.521. The second-order valence-corrected chi connectivity index (χ2v) is 6.62. The Balaban J connectivity index is 1.57. The summed E-state index contributed by atoms with van der Waals surface area (Å²) >= 11 is 0. The molecular weight excluding hydrogens is 388 g/mol. The third-order valence-electron chi connectivity index (χ3n) is 4.78. The summed E-state index contributed by atoms with van der Waals surface area (Å²) < 4.78 is 10.8. The Morgan fingerprint density at radius 2 is 1.97 bits per heavy atom. The van der Waals surface area contributed by atoms with Crippen molar-refractivity contribution in [3.63, 3.8) is 0 Å². The minimum Gasteiger partial charge on any atom is -0.493 e. The van der Waals surface area contributed by atoms with Crippen LogP contribution in [0.3, 0.4) is 0 Å². The molecule has 1 fully saturated rings. The highest BCUT2D eigenvalue weighted by Gasteiger charge is 2.21. The lowest BCUT2D eigenvalue weighted by Gasteiger charge is -2.35. The van der Waals surface area contributed by atoms with Crippen molar-refractivity contribution in [1.29, 1.82) is 0 Å². The second-order valence-electron chi connectivity index (χ2n) is 6.62. The molecule has 1 aliphatic heterocycles. The van der Waals surface area contributed by atoms with Crippen LogP contribution in [0.4, 0.5) is 11.5 Å². The van der Waals surface area contributed by atoms with Crippen LogP contribution in [0.25, 0.3) is 6.08 Å². The first-order valence-electron chi connectivity index (χ1n) is 9.65. The topological polar surface area (TPSA) is 98.0 Å². The Morgan fingerprint density at radius 1 is 1.20 bits per heavy atom. The number of ether oxygens (including phenoxy) is 2. The SMILES string of the molecule is CCOc1ccc(/C=C/C(=O)N2CCN(c3ccc([N+](=O)[O-])nc3)CC2)cc1OC. The van der Waals surface area contributed by atoms with E-state index in [0.29, 0.717) is 44.3 Å². The summed E-state index contributed by atoms with van der Waals surface area (Å²) in [6.45, 7) is 4.85. The molecule has 0 N–H and O–H groups in total. The monoisotopic (exact) mass is 412 g/mol. The zero-order chi connectivity index (χ0) is 21.5. The molecule has 1 saturated heterocycles. The first kappa shape index (κ1) is 21.1. The van der Waals surface area contributed by atoms with Crippen LogP contribution in [-0.4, -0.2) is 60.6 Å². The molecule has 0 spiro atoms. The molecule has 0 aliphatic carbocycles. The maximum atomic E-state index is 12.5. The fraction of sp³-hybridized carbons (Fsp3) is 0.333. The van der Waals surface area contributed by atoms with Crippen molar-refractivity contribution >= 4 is 23.5 Å². The highest BCUT2D eigenvalue weighted by atomic mass is 16.6.